The fourth-order valence-corrected chi connectivity index (χ4v) is 4.70. The molecule has 0 saturated carbocycles. The minimum atomic E-state index is -4.70. The van der Waals surface area contributed by atoms with Gasteiger partial charge in [-0.3, -0.25) is 0 Å². The summed E-state index contributed by atoms with van der Waals surface area (Å²) in [6, 6.07) is 13.3. The van der Waals surface area contributed by atoms with E-state index in [1.807, 2.05) is 0 Å². The maximum absolute atomic E-state index is 13.2. The number of hydrogen-bond acceptors (Lipinski definition) is 7. The average molecular weight is 604 g/mol. The highest BCUT2D eigenvalue weighted by Crippen LogP contribution is 2.37. The molecule has 3 rings (SSSR count). The van der Waals surface area contributed by atoms with Gasteiger partial charge in [0.05, 0.1) is 18.7 Å². The third-order valence-corrected chi connectivity index (χ3v) is 7.41. The Bertz CT molecular complexity index is 1430. The topological polar surface area (TPSA) is 118 Å². The first-order valence-electron chi connectivity index (χ1n) is 11.5. The number of carboxylic acid groups (broad SMARTS) is 1. The maximum atomic E-state index is 13.2. The second-order valence-corrected chi connectivity index (χ2v) is 10.6. The molecule has 0 fully saturated rings. The van der Waals surface area contributed by atoms with Gasteiger partial charge >= 0.3 is 22.5 Å². The van der Waals surface area contributed by atoms with Crippen molar-refractivity contribution in [1.82, 2.24) is 13.6 Å². The van der Waals surface area contributed by atoms with Crippen LogP contribution >= 0.6 is 11.6 Å². The number of halogens is 4. The molecule has 216 valence electrons. The lowest BCUT2D eigenvalue weighted by molar-refractivity contribution is -0.137. The van der Waals surface area contributed by atoms with Crippen LogP contribution < -0.4 is 9.47 Å². The number of ether oxygens (including phenoxy) is 3. The summed E-state index contributed by atoms with van der Waals surface area (Å²) in [6.07, 6.45) is -5.94. The van der Waals surface area contributed by atoms with Crippen molar-refractivity contribution in [3.63, 3.8) is 0 Å². The van der Waals surface area contributed by atoms with Crippen molar-refractivity contribution in [1.29, 1.82) is 0 Å². The van der Waals surface area contributed by atoms with Crippen LogP contribution in [0.15, 0.2) is 60.8 Å². The number of amides is 1. The van der Waals surface area contributed by atoms with Gasteiger partial charge in [0, 0.05) is 38.5 Å². The Morgan fingerprint density at radius 2 is 1.77 bits per heavy atom. The fourth-order valence-electron chi connectivity index (χ4n) is 3.35. The van der Waals surface area contributed by atoms with Crippen molar-refractivity contribution in [2.24, 2.45) is 0 Å². The molecule has 0 saturated heterocycles. The lowest BCUT2D eigenvalue weighted by Crippen LogP contribution is -2.44. The van der Waals surface area contributed by atoms with E-state index < -0.39 is 45.5 Å². The third-order valence-electron chi connectivity index (χ3n) is 5.38. The summed E-state index contributed by atoms with van der Waals surface area (Å²) in [7, 11) is -1.85. The van der Waals surface area contributed by atoms with Gasteiger partial charge in [-0.05, 0) is 23.8 Å². The van der Waals surface area contributed by atoms with Crippen LogP contribution in [0, 0.1) is 0 Å². The zero-order valence-electron chi connectivity index (χ0n) is 21.3. The molecule has 0 radical (unpaired) electrons. The summed E-state index contributed by atoms with van der Waals surface area (Å²) >= 11 is 5.98. The minimum absolute atomic E-state index is 0.0379. The molecule has 15 heteroatoms. The molecule has 0 atom stereocenters. The van der Waals surface area contributed by atoms with Crippen LogP contribution in [-0.4, -0.2) is 60.6 Å². The molecule has 0 aliphatic carbocycles. The molecule has 2 aromatic carbocycles. The van der Waals surface area contributed by atoms with Gasteiger partial charge in [0.2, 0.25) is 5.88 Å². The van der Waals surface area contributed by atoms with Crippen LogP contribution in [0.5, 0.6) is 17.4 Å². The molecule has 40 heavy (non-hydrogen) atoms. The van der Waals surface area contributed by atoms with E-state index in [1.54, 1.807) is 30.3 Å². The van der Waals surface area contributed by atoms with E-state index in [-0.39, 0.29) is 41.1 Å². The number of methoxy groups -OCH3 is 1. The van der Waals surface area contributed by atoms with Crippen LogP contribution in [-0.2, 0) is 34.2 Å². The lowest BCUT2D eigenvalue weighted by atomic mass is 10.2. The molecule has 0 aliphatic heterocycles. The van der Waals surface area contributed by atoms with Crippen molar-refractivity contribution in [3.05, 3.63) is 82.5 Å². The number of aromatic nitrogens is 1. The Morgan fingerprint density at radius 3 is 2.38 bits per heavy atom. The highest BCUT2D eigenvalue weighted by Gasteiger charge is 2.34. The van der Waals surface area contributed by atoms with E-state index in [4.69, 9.17) is 25.8 Å². The largest absolute Gasteiger partial charge is 0.491 e. The Morgan fingerprint density at radius 1 is 1.07 bits per heavy atom. The second-order valence-electron chi connectivity index (χ2n) is 8.26. The minimum Gasteiger partial charge on any atom is -0.491 e. The summed E-state index contributed by atoms with van der Waals surface area (Å²) in [4.78, 5) is 15.7. The second kappa shape index (κ2) is 13.2. The van der Waals surface area contributed by atoms with E-state index in [0.717, 1.165) is 4.31 Å². The number of benzene rings is 2. The SMILES string of the molecule is COCCOc1ccc(CN(C(=O)O)S(=O)(=O)N(C)Cc2ccccc2)c(Oc2ncc(C(F)(F)F)cc2Cl)c1. The van der Waals surface area contributed by atoms with Gasteiger partial charge in [-0.15, -0.1) is 0 Å². The molecule has 3 aromatic rings. The third kappa shape index (κ3) is 7.97. The van der Waals surface area contributed by atoms with Gasteiger partial charge < -0.3 is 19.3 Å². The monoisotopic (exact) mass is 603 g/mol. The summed E-state index contributed by atoms with van der Waals surface area (Å²) in [5.41, 5.74) is -0.439. The van der Waals surface area contributed by atoms with Crippen molar-refractivity contribution in [2.45, 2.75) is 19.3 Å². The quantitative estimate of drug-likeness (QED) is 0.272. The number of alkyl halides is 3. The molecular formula is C25H25ClF3N3O7S. The van der Waals surface area contributed by atoms with E-state index in [2.05, 4.69) is 4.98 Å². The maximum Gasteiger partial charge on any atom is 0.422 e. The predicted molar refractivity (Wildman–Crippen MR) is 139 cm³/mol. The fraction of sp³-hybridized carbons (Fsp3) is 0.280. The summed E-state index contributed by atoms with van der Waals surface area (Å²) in [5, 5.41) is 9.34. The van der Waals surface area contributed by atoms with Crippen molar-refractivity contribution in [2.75, 3.05) is 27.4 Å². The van der Waals surface area contributed by atoms with Crippen LogP contribution in [0.2, 0.25) is 5.02 Å². The number of carbonyl (C=O) groups is 1. The van der Waals surface area contributed by atoms with Crippen molar-refractivity contribution in [3.8, 4) is 17.4 Å². The first-order valence-corrected chi connectivity index (χ1v) is 13.3. The van der Waals surface area contributed by atoms with Crippen LogP contribution in [0.3, 0.4) is 0 Å². The normalized spacial score (nSPS) is 11.9. The smallest absolute Gasteiger partial charge is 0.422 e. The highest BCUT2D eigenvalue weighted by atomic mass is 35.5. The molecule has 1 heterocycles. The van der Waals surface area contributed by atoms with Crippen LogP contribution in [0.1, 0.15) is 16.7 Å². The van der Waals surface area contributed by atoms with E-state index in [1.165, 1.54) is 32.4 Å². The van der Waals surface area contributed by atoms with Gasteiger partial charge in [-0.2, -0.15) is 30.2 Å². The molecule has 0 unspecified atom stereocenters. The van der Waals surface area contributed by atoms with Gasteiger partial charge in [0.25, 0.3) is 0 Å². The molecule has 0 spiro atoms. The van der Waals surface area contributed by atoms with E-state index in [0.29, 0.717) is 17.8 Å². The molecule has 1 amide bonds. The first kappa shape index (κ1) is 30.9. The number of hydrogen-bond donors (Lipinski definition) is 1. The Hall–Kier alpha value is -3.59. The van der Waals surface area contributed by atoms with E-state index >= 15 is 0 Å². The summed E-state index contributed by atoms with van der Waals surface area (Å²) in [6.45, 7) is -0.437. The molecule has 1 aromatic heterocycles. The van der Waals surface area contributed by atoms with Gasteiger partial charge in [-0.25, -0.2) is 9.78 Å². The average Bonchev–Trinajstić information content (AvgIpc) is 2.89. The van der Waals surface area contributed by atoms with Gasteiger partial charge in [0.1, 0.15) is 23.1 Å². The lowest BCUT2D eigenvalue weighted by Gasteiger charge is -2.26. The van der Waals surface area contributed by atoms with Crippen molar-refractivity contribution >= 4 is 27.9 Å². The molecule has 0 aliphatic rings. The number of pyridine rings is 1. The van der Waals surface area contributed by atoms with Crippen LogP contribution in [0.4, 0.5) is 18.0 Å². The molecular weight excluding hydrogens is 579 g/mol. The van der Waals surface area contributed by atoms with Gasteiger partial charge in [-0.1, -0.05) is 41.9 Å². The molecule has 1 N–H and O–H groups in total. The first-order chi connectivity index (χ1) is 18.8. The van der Waals surface area contributed by atoms with Crippen LogP contribution in [0.25, 0.3) is 0 Å². The standard InChI is InChI=1S/C25H25ClF3N3O7S/c1-31(15-17-6-4-3-5-7-17)40(35,36)32(24(33)34)16-18-8-9-20(38-11-10-37-2)13-22(18)39-23-21(26)12-19(14-30-23)25(27,28)29/h3-9,12-14H,10-11,15-16H2,1-2H3,(H,33,34). The van der Waals surface area contributed by atoms with Crippen molar-refractivity contribution < 1.29 is 45.7 Å². The summed E-state index contributed by atoms with van der Waals surface area (Å²) < 4.78 is 82.8. The zero-order valence-corrected chi connectivity index (χ0v) is 22.8. The van der Waals surface area contributed by atoms with Gasteiger partial charge in [0.15, 0.2) is 0 Å². The Labute approximate surface area is 233 Å². The highest BCUT2D eigenvalue weighted by molar-refractivity contribution is 7.87. The number of nitrogens with zero attached hydrogens (tertiary/aromatic N) is 3. The predicted octanol–water partition coefficient (Wildman–Crippen LogP) is 5.43. The van der Waals surface area contributed by atoms with E-state index in [9.17, 15) is 31.5 Å². The number of rotatable bonds is 12. The Balaban J connectivity index is 1.96. The zero-order chi connectivity index (χ0) is 29.5. The summed E-state index contributed by atoms with van der Waals surface area (Å²) in [5.74, 6) is -0.336. The molecule has 0 bridgehead atoms. The Kier molecular flexibility index (Phi) is 10.2. The molecule has 10 nitrogen and oxygen atoms in total.